The van der Waals surface area contributed by atoms with Crippen LogP contribution < -0.4 is 5.14 Å². The molecule has 0 saturated carbocycles. The molecule has 118 valence electrons. The van der Waals surface area contributed by atoms with Crippen LogP contribution >= 0.6 is 0 Å². The number of hydrogen-bond donors (Lipinski definition) is 3. The van der Waals surface area contributed by atoms with E-state index in [9.17, 15) is 23.4 Å². The highest BCUT2D eigenvalue weighted by Crippen LogP contribution is 2.34. The van der Waals surface area contributed by atoms with Crippen LogP contribution in [0.4, 0.5) is 0 Å². The number of aliphatic hydroxyl groups is 1. The van der Waals surface area contributed by atoms with Gasteiger partial charge in [0.25, 0.3) is 0 Å². The zero-order chi connectivity index (χ0) is 15.8. The highest BCUT2D eigenvalue weighted by atomic mass is 32.2. The predicted molar refractivity (Wildman–Crippen MR) is 74.9 cm³/mol. The van der Waals surface area contributed by atoms with E-state index in [4.69, 9.17) is 5.14 Å². The van der Waals surface area contributed by atoms with Gasteiger partial charge in [0.2, 0.25) is 0 Å². The summed E-state index contributed by atoms with van der Waals surface area (Å²) in [5, 5.41) is 24.2. The van der Waals surface area contributed by atoms with Gasteiger partial charge in [0.05, 0.1) is 0 Å². The maximum atomic E-state index is 11.5. The van der Waals surface area contributed by atoms with Gasteiger partial charge in [0.1, 0.15) is 11.9 Å². The average Bonchev–Trinajstić information content (AvgIpc) is 2.83. The third-order valence-electron chi connectivity index (χ3n) is 3.74. The Hall–Kier alpha value is -1.42. The van der Waals surface area contributed by atoms with Gasteiger partial charge in [-0.1, -0.05) is 6.42 Å². The first-order valence-electron chi connectivity index (χ1n) is 6.65. The minimum atomic E-state index is -4.18. The molecule has 1 aromatic heterocycles. The zero-order valence-corrected chi connectivity index (χ0v) is 12.5. The van der Waals surface area contributed by atoms with Crippen LogP contribution in [0.3, 0.4) is 0 Å². The van der Waals surface area contributed by atoms with Crippen LogP contribution in [0.1, 0.15) is 48.3 Å². The molecule has 1 fully saturated rings. The van der Waals surface area contributed by atoms with E-state index in [0.717, 1.165) is 19.0 Å². The lowest BCUT2D eigenvalue weighted by atomic mass is 9.95. The smallest absolute Gasteiger partial charge is 0.353 e. The van der Waals surface area contributed by atoms with E-state index in [1.165, 1.54) is 6.07 Å². The first kappa shape index (κ1) is 16.0. The molecule has 1 aromatic rings. The minimum Gasteiger partial charge on any atom is -0.477 e. The molecule has 9 heteroatoms. The molecule has 2 heterocycles. The van der Waals surface area contributed by atoms with Crippen molar-refractivity contribution in [2.75, 3.05) is 6.54 Å². The molecular weight excluding hydrogens is 298 g/mol. The summed E-state index contributed by atoms with van der Waals surface area (Å²) in [5.41, 5.74) is -0.00725. The van der Waals surface area contributed by atoms with Crippen LogP contribution in [-0.4, -0.2) is 46.2 Å². The van der Waals surface area contributed by atoms with Gasteiger partial charge in [-0.3, -0.25) is 4.90 Å². The van der Waals surface area contributed by atoms with Gasteiger partial charge in [-0.2, -0.15) is 8.42 Å². The number of hydrogen-bond acceptors (Lipinski definition) is 5. The number of aromatic nitrogens is 1. The van der Waals surface area contributed by atoms with Crippen molar-refractivity contribution >= 4 is 16.2 Å². The topological polar surface area (TPSA) is 126 Å². The van der Waals surface area contributed by atoms with Gasteiger partial charge < -0.3 is 10.2 Å². The largest absolute Gasteiger partial charge is 0.477 e. The molecule has 0 bridgehead atoms. The van der Waals surface area contributed by atoms with Gasteiger partial charge in [0, 0.05) is 24.3 Å². The van der Waals surface area contributed by atoms with Crippen LogP contribution in [0.15, 0.2) is 12.3 Å². The molecule has 2 rings (SSSR count). The summed E-state index contributed by atoms with van der Waals surface area (Å²) in [4.78, 5) is 13.2. The molecule has 0 aliphatic carbocycles. The SMILES string of the molecule is CC(O)N1CCCCC1c1ccn(S(N)(=O)=O)c1C(=O)O. The Morgan fingerprint density at radius 3 is 2.67 bits per heavy atom. The van der Waals surface area contributed by atoms with E-state index in [-0.39, 0.29) is 11.7 Å². The highest BCUT2D eigenvalue weighted by molar-refractivity contribution is 7.87. The fourth-order valence-electron chi connectivity index (χ4n) is 2.86. The molecule has 0 amide bonds. The number of likely N-dealkylation sites (tertiary alicyclic amines) is 1. The molecule has 2 atom stereocenters. The Morgan fingerprint density at radius 2 is 2.14 bits per heavy atom. The van der Waals surface area contributed by atoms with Gasteiger partial charge in [-0.05, 0) is 25.8 Å². The van der Waals surface area contributed by atoms with Crippen LogP contribution in [0.5, 0.6) is 0 Å². The lowest BCUT2D eigenvalue weighted by Gasteiger charge is -2.37. The van der Waals surface area contributed by atoms with Crippen LogP contribution in [0, 0.1) is 0 Å². The number of carboxylic acids is 1. The third kappa shape index (κ3) is 3.10. The second-order valence-electron chi connectivity index (χ2n) is 5.15. The number of piperidine rings is 1. The second-order valence-corrected chi connectivity index (χ2v) is 6.57. The molecule has 8 nitrogen and oxygen atoms in total. The lowest BCUT2D eigenvalue weighted by molar-refractivity contribution is -0.0295. The molecule has 1 saturated heterocycles. The summed E-state index contributed by atoms with van der Waals surface area (Å²) >= 11 is 0. The van der Waals surface area contributed by atoms with E-state index in [1.807, 2.05) is 0 Å². The molecule has 2 unspecified atom stereocenters. The quantitative estimate of drug-likeness (QED) is 0.723. The zero-order valence-electron chi connectivity index (χ0n) is 11.6. The van der Waals surface area contributed by atoms with Crippen molar-refractivity contribution in [1.82, 2.24) is 8.87 Å². The molecule has 0 spiro atoms. The van der Waals surface area contributed by atoms with Gasteiger partial charge in [0.15, 0.2) is 0 Å². The first-order chi connectivity index (χ1) is 9.73. The van der Waals surface area contributed by atoms with Crippen molar-refractivity contribution in [3.8, 4) is 0 Å². The van der Waals surface area contributed by atoms with Crippen molar-refractivity contribution in [3.05, 3.63) is 23.5 Å². The molecule has 0 radical (unpaired) electrons. The minimum absolute atomic E-state index is 0.340. The molecular formula is C12H19N3O5S. The van der Waals surface area contributed by atoms with E-state index >= 15 is 0 Å². The first-order valence-corrected chi connectivity index (χ1v) is 8.15. The molecule has 21 heavy (non-hydrogen) atoms. The van der Waals surface area contributed by atoms with Crippen LogP contribution in [0.2, 0.25) is 0 Å². The number of aliphatic hydroxyl groups excluding tert-OH is 1. The fourth-order valence-corrected chi connectivity index (χ4v) is 3.53. The number of nitrogens with two attached hydrogens (primary N) is 1. The Balaban J connectivity index is 2.53. The van der Waals surface area contributed by atoms with E-state index in [2.05, 4.69) is 0 Å². The molecule has 1 aliphatic rings. The molecule has 0 aromatic carbocycles. The maximum absolute atomic E-state index is 11.5. The van der Waals surface area contributed by atoms with Crippen molar-refractivity contribution < 1.29 is 23.4 Å². The van der Waals surface area contributed by atoms with Crippen molar-refractivity contribution in [3.63, 3.8) is 0 Å². The monoisotopic (exact) mass is 317 g/mol. The van der Waals surface area contributed by atoms with Gasteiger partial charge in [-0.15, -0.1) is 0 Å². The van der Waals surface area contributed by atoms with Gasteiger partial charge in [-0.25, -0.2) is 13.9 Å². The second kappa shape index (κ2) is 5.76. The van der Waals surface area contributed by atoms with E-state index in [1.54, 1.807) is 11.8 Å². The van der Waals surface area contributed by atoms with Crippen molar-refractivity contribution in [1.29, 1.82) is 0 Å². The summed E-state index contributed by atoms with van der Waals surface area (Å²) in [7, 11) is -4.18. The summed E-state index contributed by atoms with van der Waals surface area (Å²) in [6, 6.07) is 1.10. The average molecular weight is 317 g/mol. The number of carboxylic acid groups (broad SMARTS) is 1. The Morgan fingerprint density at radius 1 is 1.48 bits per heavy atom. The Kier molecular flexibility index (Phi) is 4.38. The van der Waals surface area contributed by atoms with Crippen LogP contribution in [-0.2, 0) is 10.2 Å². The van der Waals surface area contributed by atoms with E-state index < -0.39 is 22.4 Å². The normalized spacial score (nSPS) is 22.1. The number of aromatic carboxylic acids is 1. The number of carbonyl (C=O) groups is 1. The molecule has 1 aliphatic heterocycles. The third-order valence-corrected chi connectivity index (χ3v) is 4.60. The predicted octanol–water partition coefficient (Wildman–Crippen LogP) is 0.103. The van der Waals surface area contributed by atoms with Crippen molar-refractivity contribution in [2.24, 2.45) is 5.14 Å². The summed E-state index contributed by atoms with van der Waals surface area (Å²) < 4.78 is 23.5. The number of rotatable bonds is 4. The standard InChI is InChI=1S/C12H19N3O5S/c1-8(16)14-6-3-2-4-10(14)9-5-7-15(21(13,19)20)11(9)12(17)18/h5,7-8,10,16H,2-4,6H2,1H3,(H,17,18)(H2,13,19,20). The Bertz CT molecular complexity index is 637. The maximum Gasteiger partial charge on any atom is 0.353 e. The highest BCUT2D eigenvalue weighted by Gasteiger charge is 2.33. The summed E-state index contributed by atoms with van der Waals surface area (Å²) in [5.74, 6) is -1.36. The van der Waals surface area contributed by atoms with Gasteiger partial charge >= 0.3 is 16.2 Å². The van der Waals surface area contributed by atoms with Crippen LogP contribution in [0.25, 0.3) is 0 Å². The summed E-state index contributed by atoms with van der Waals surface area (Å²) in [6.07, 6.45) is 2.84. The Labute approximate surface area is 123 Å². The number of nitrogens with zero attached hydrogens (tertiary/aromatic N) is 2. The summed E-state index contributed by atoms with van der Waals surface area (Å²) in [6.45, 7) is 2.23. The molecule has 4 N–H and O–H groups in total. The van der Waals surface area contributed by atoms with Crippen molar-refractivity contribution in [2.45, 2.75) is 38.5 Å². The lowest BCUT2D eigenvalue weighted by Crippen LogP contribution is -2.40. The fraction of sp³-hybridized carbons (Fsp3) is 0.583. The van der Waals surface area contributed by atoms with E-state index in [0.29, 0.717) is 22.5 Å².